The molecule has 2 aromatic rings. The second kappa shape index (κ2) is 6.37. The Kier molecular flexibility index (Phi) is 4.55. The highest BCUT2D eigenvalue weighted by Crippen LogP contribution is 2.17. The molecule has 0 aromatic heterocycles. The van der Waals surface area contributed by atoms with E-state index < -0.39 is 5.97 Å². The third kappa shape index (κ3) is 3.80. The van der Waals surface area contributed by atoms with Crippen molar-refractivity contribution in [2.45, 2.75) is 6.92 Å². The van der Waals surface area contributed by atoms with Crippen LogP contribution in [0, 0.1) is 0 Å². The van der Waals surface area contributed by atoms with E-state index in [-0.39, 0.29) is 5.78 Å². The molecule has 0 aliphatic rings. The molecule has 0 fully saturated rings. The molecule has 0 heterocycles. The van der Waals surface area contributed by atoms with E-state index in [0.29, 0.717) is 27.5 Å². The Bertz CT molecular complexity index is 685. The minimum Gasteiger partial charge on any atom is -0.423 e. The average Bonchev–Trinajstić information content (AvgIpc) is 2.48. The lowest BCUT2D eigenvalue weighted by Crippen LogP contribution is -2.08. The van der Waals surface area contributed by atoms with Crippen LogP contribution in [0.3, 0.4) is 0 Å². The first-order valence-corrected chi connectivity index (χ1v) is 6.63. The Balaban J connectivity index is 2.15. The first-order valence-electron chi connectivity index (χ1n) is 6.25. The highest BCUT2D eigenvalue weighted by Gasteiger charge is 2.10. The fourth-order valence-electron chi connectivity index (χ4n) is 1.64. The van der Waals surface area contributed by atoms with Gasteiger partial charge >= 0.3 is 5.97 Å². The fraction of sp³-hybridized carbons (Fsp3) is 0.0588. The van der Waals surface area contributed by atoms with Gasteiger partial charge in [-0.05, 0) is 55.5 Å². The van der Waals surface area contributed by atoms with E-state index in [9.17, 15) is 9.59 Å². The van der Waals surface area contributed by atoms with E-state index in [2.05, 4.69) is 6.58 Å². The summed E-state index contributed by atoms with van der Waals surface area (Å²) in [5, 5.41) is 0.577. The lowest BCUT2D eigenvalue weighted by Gasteiger charge is -2.05. The predicted octanol–water partition coefficient (Wildman–Crippen LogP) is 4.05. The summed E-state index contributed by atoms with van der Waals surface area (Å²) in [5.41, 5.74) is 1.37. The summed E-state index contributed by atoms with van der Waals surface area (Å²) in [4.78, 5) is 23.6. The van der Waals surface area contributed by atoms with Gasteiger partial charge in [-0.3, -0.25) is 4.79 Å². The second-order valence-corrected chi connectivity index (χ2v) is 4.97. The van der Waals surface area contributed by atoms with Crippen LogP contribution in [0.2, 0.25) is 5.02 Å². The number of ether oxygens (including phenoxy) is 1. The molecular weight excluding hydrogens is 288 g/mol. The summed E-state index contributed by atoms with van der Waals surface area (Å²) in [6, 6.07) is 13.0. The molecule has 21 heavy (non-hydrogen) atoms. The molecule has 0 spiro atoms. The number of rotatable bonds is 4. The van der Waals surface area contributed by atoms with Crippen molar-refractivity contribution in [1.82, 2.24) is 0 Å². The van der Waals surface area contributed by atoms with Crippen LogP contribution >= 0.6 is 11.6 Å². The molecule has 0 N–H and O–H groups in total. The summed E-state index contributed by atoms with van der Waals surface area (Å²) in [6.07, 6.45) is 0. The maximum atomic E-state index is 12.2. The van der Waals surface area contributed by atoms with Gasteiger partial charge in [-0.1, -0.05) is 18.2 Å². The number of hydrogen-bond acceptors (Lipinski definition) is 3. The zero-order valence-electron chi connectivity index (χ0n) is 11.4. The first-order chi connectivity index (χ1) is 9.97. The number of ketones is 1. The Morgan fingerprint density at radius 2 is 1.43 bits per heavy atom. The van der Waals surface area contributed by atoms with Crippen molar-refractivity contribution in [2.24, 2.45) is 0 Å². The number of carbonyl (C=O) groups excluding carboxylic acids is 2. The van der Waals surface area contributed by atoms with Crippen molar-refractivity contribution in [3.8, 4) is 5.75 Å². The van der Waals surface area contributed by atoms with Gasteiger partial charge in [0.15, 0.2) is 5.78 Å². The maximum absolute atomic E-state index is 12.2. The third-order valence-corrected chi connectivity index (χ3v) is 3.03. The van der Waals surface area contributed by atoms with Gasteiger partial charge in [-0.2, -0.15) is 0 Å². The van der Waals surface area contributed by atoms with Crippen molar-refractivity contribution < 1.29 is 14.3 Å². The monoisotopic (exact) mass is 300 g/mol. The van der Waals surface area contributed by atoms with E-state index in [0.717, 1.165) is 0 Å². The molecule has 2 aromatic carbocycles. The van der Waals surface area contributed by atoms with Gasteiger partial charge in [-0.25, -0.2) is 4.79 Å². The summed E-state index contributed by atoms with van der Waals surface area (Å²) in [7, 11) is 0. The van der Waals surface area contributed by atoms with Gasteiger partial charge in [0.25, 0.3) is 0 Å². The predicted molar refractivity (Wildman–Crippen MR) is 81.8 cm³/mol. The summed E-state index contributed by atoms with van der Waals surface area (Å²) < 4.78 is 5.06. The highest BCUT2D eigenvalue weighted by molar-refractivity contribution is 6.30. The molecule has 4 heteroatoms. The summed E-state index contributed by atoms with van der Waals surface area (Å²) in [5.74, 6) is -0.244. The minimum atomic E-state index is -0.494. The van der Waals surface area contributed by atoms with Gasteiger partial charge in [0.2, 0.25) is 0 Å². The molecule has 0 atom stereocenters. The third-order valence-electron chi connectivity index (χ3n) is 2.78. The lowest BCUT2D eigenvalue weighted by atomic mass is 10.0. The van der Waals surface area contributed by atoms with Crippen LogP contribution in [0.4, 0.5) is 0 Å². The quantitative estimate of drug-likeness (QED) is 0.370. The maximum Gasteiger partial charge on any atom is 0.338 e. The minimum absolute atomic E-state index is 0.121. The molecule has 0 aliphatic heterocycles. The Labute approximate surface area is 127 Å². The van der Waals surface area contributed by atoms with Crippen molar-refractivity contribution in [1.29, 1.82) is 0 Å². The lowest BCUT2D eigenvalue weighted by molar-refractivity contribution is -0.130. The molecule has 0 radical (unpaired) electrons. The Hall–Kier alpha value is -2.39. The molecule has 0 unspecified atom stereocenters. The van der Waals surface area contributed by atoms with Gasteiger partial charge < -0.3 is 4.74 Å². The molecule has 0 amide bonds. The van der Waals surface area contributed by atoms with Crippen molar-refractivity contribution in [2.75, 3.05) is 0 Å². The van der Waals surface area contributed by atoms with Gasteiger partial charge in [0.1, 0.15) is 5.75 Å². The van der Waals surface area contributed by atoms with Crippen LogP contribution in [-0.4, -0.2) is 11.8 Å². The number of carbonyl (C=O) groups is 2. The smallest absolute Gasteiger partial charge is 0.338 e. The van der Waals surface area contributed by atoms with E-state index in [1.54, 1.807) is 55.5 Å². The molecule has 0 bridgehead atoms. The molecule has 106 valence electrons. The molecule has 0 aliphatic carbocycles. The Morgan fingerprint density at radius 1 is 0.952 bits per heavy atom. The van der Waals surface area contributed by atoms with Crippen molar-refractivity contribution in [3.63, 3.8) is 0 Å². The molecule has 3 nitrogen and oxygen atoms in total. The SMILES string of the molecule is C=C(C)C(=O)Oc1ccc(C(=O)c2ccc(Cl)cc2)cc1. The molecule has 2 rings (SSSR count). The normalized spacial score (nSPS) is 10.0. The van der Waals surface area contributed by atoms with E-state index in [4.69, 9.17) is 16.3 Å². The van der Waals surface area contributed by atoms with Crippen molar-refractivity contribution in [3.05, 3.63) is 76.8 Å². The second-order valence-electron chi connectivity index (χ2n) is 4.53. The van der Waals surface area contributed by atoms with Crippen LogP contribution in [-0.2, 0) is 4.79 Å². The van der Waals surface area contributed by atoms with Crippen LogP contribution in [0.5, 0.6) is 5.75 Å². The number of halogens is 1. The molecule has 0 saturated heterocycles. The fourth-order valence-corrected chi connectivity index (χ4v) is 1.76. The zero-order chi connectivity index (χ0) is 15.4. The standard InChI is InChI=1S/C17H13ClO3/c1-11(2)17(20)21-15-9-5-13(6-10-15)16(19)12-3-7-14(18)8-4-12/h3-10H,1H2,2H3. The zero-order valence-corrected chi connectivity index (χ0v) is 12.2. The average molecular weight is 301 g/mol. The van der Waals surface area contributed by atoms with Gasteiger partial charge in [0, 0.05) is 21.7 Å². The first kappa shape index (κ1) is 15.0. The van der Waals surface area contributed by atoms with Crippen LogP contribution in [0.1, 0.15) is 22.8 Å². The topological polar surface area (TPSA) is 43.4 Å². The number of hydrogen-bond donors (Lipinski definition) is 0. The number of esters is 1. The molecule has 0 saturated carbocycles. The van der Waals surface area contributed by atoms with Crippen LogP contribution in [0.25, 0.3) is 0 Å². The van der Waals surface area contributed by atoms with Crippen LogP contribution in [0.15, 0.2) is 60.7 Å². The summed E-state index contributed by atoms with van der Waals surface area (Å²) >= 11 is 5.79. The van der Waals surface area contributed by atoms with E-state index >= 15 is 0 Å². The van der Waals surface area contributed by atoms with Crippen LogP contribution < -0.4 is 4.74 Å². The highest BCUT2D eigenvalue weighted by atomic mass is 35.5. The van der Waals surface area contributed by atoms with E-state index in [1.807, 2.05) is 0 Å². The Morgan fingerprint density at radius 3 is 1.90 bits per heavy atom. The molecular formula is C17H13ClO3. The number of benzene rings is 2. The van der Waals surface area contributed by atoms with Gasteiger partial charge in [0.05, 0.1) is 0 Å². The van der Waals surface area contributed by atoms with Crippen molar-refractivity contribution >= 4 is 23.4 Å². The summed E-state index contributed by atoms with van der Waals surface area (Å²) in [6.45, 7) is 5.07. The largest absolute Gasteiger partial charge is 0.423 e. The van der Waals surface area contributed by atoms with Gasteiger partial charge in [-0.15, -0.1) is 0 Å². The van der Waals surface area contributed by atoms with E-state index in [1.165, 1.54) is 0 Å².